The van der Waals surface area contributed by atoms with Gasteiger partial charge in [-0.05, 0) is 48.2 Å². The smallest absolute Gasteiger partial charge is 0.363 e. The Morgan fingerprint density at radius 1 is 1.07 bits per heavy atom. The average Bonchev–Trinajstić information content (AvgIpc) is 3.32. The molecule has 3 heterocycles. The van der Waals surface area contributed by atoms with Gasteiger partial charge in [-0.2, -0.15) is 18.3 Å². The predicted molar refractivity (Wildman–Crippen MR) is 105 cm³/mol. The molecule has 0 aliphatic heterocycles. The van der Waals surface area contributed by atoms with Gasteiger partial charge in [0.05, 0.1) is 17.3 Å². The molecule has 0 radical (unpaired) electrons. The molecule has 3 aromatic heterocycles. The van der Waals surface area contributed by atoms with Gasteiger partial charge in [0.25, 0.3) is 0 Å². The lowest BCUT2D eigenvalue weighted by Gasteiger charge is -2.17. The summed E-state index contributed by atoms with van der Waals surface area (Å²) in [5, 5.41) is 10.5. The molecule has 0 amide bonds. The quantitative estimate of drug-likeness (QED) is 0.487. The fourth-order valence-electron chi connectivity index (χ4n) is 3.88. The number of hydrogen-bond donors (Lipinski definition) is 2. The second-order valence-electron chi connectivity index (χ2n) is 7.00. The van der Waals surface area contributed by atoms with E-state index in [9.17, 15) is 13.2 Å². The van der Waals surface area contributed by atoms with Crippen molar-refractivity contribution in [2.45, 2.75) is 25.1 Å². The summed E-state index contributed by atoms with van der Waals surface area (Å²) in [5.41, 5.74) is 1.96. The van der Waals surface area contributed by atoms with E-state index in [1.165, 1.54) is 11.6 Å². The molecule has 1 aliphatic rings. The summed E-state index contributed by atoms with van der Waals surface area (Å²) in [6.07, 6.45) is -1.20. The summed E-state index contributed by atoms with van der Waals surface area (Å²) < 4.78 is 41.0. The molecule has 0 fully saturated rings. The van der Waals surface area contributed by atoms with Crippen LogP contribution in [0.15, 0.2) is 54.7 Å². The van der Waals surface area contributed by atoms with Crippen molar-refractivity contribution in [1.82, 2.24) is 20.2 Å². The highest BCUT2D eigenvalue weighted by Gasteiger charge is 2.36. The molecular formula is C21H18F3N5. The third kappa shape index (κ3) is 3.10. The normalized spacial score (nSPS) is 16.2. The van der Waals surface area contributed by atoms with Crippen LogP contribution in [0.1, 0.15) is 30.6 Å². The van der Waals surface area contributed by atoms with Gasteiger partial charge in [0.2, 0.25) is 0 Å². The van der Waals surface area contributed by atoms with Crippen LogP contribution in [0.4, 0.5) is 19.0 Å². The lowest BCUT2D eigenvalue weighted by molar-refractivity contribution is -0.137. The van der Waals surface area contributed by atoms with Crippen LogP contribution in [-0.2, 0) is 12.6 Å². The summed E-state index contributed by atoms with van der Waals surface area (Å²) in [4.78, 5) is 8.42. The Bertz CT molecular complexity index is 1200. The number of benzene rings is 1. The van der Waals surface area contributed by atoms with E-state index < -0.39 is 11.7 Å². The van der Waals surface area contributed by atoms with Gasteiger partial charge in [-0.25, -0.2) is 9.97 Å². The molecule has 0 unspecified atom stereocenters. The van der Waals surface area contributed by atoms with Crippen molar-refractivity contribution >= 4 is 16.9 Å². The Hall–Kier alpha value is -3.42. The molecule has 1 atom stereocenters. The first-order chi connectivity index (χ1) is 14.0. The SMILES string of the molecule is FC(F)(F)c1ccc(N[C@@H]2CCc3ccccc32)nc1-c1[nH]nc2ncccc12.[HH]. The number of aromatic nitrogens is 4. The van der Waals surface area contributed by atoms with Crippen LogP contribution >= 0.6 is 0 Å². The Labute approximate surface area is 165 Å². The van der Waals surface area contributed by atoms with E-state index in [1.807, 2.05) is 18.2 Å². The van der Waals surface area contributed by atoms with E-state index in [0.29, 0.717) is 16.9 Å². The average molecular weight is 397 g/mol. The topological polar surface area (TPSA) is 66.5 Å². The van der Waals surface area contributed by atoms with Crippen molar-refractivity contribution in [2.75, 3.05) is 5.32 Å². The molecule has 8 heteroatoms. The number of nitrogens with zero attached hydrogens (tertiary/aromatic N) is 3. The minimum atomic E-state index is -4.54. The van der Waals surface area contributed by atoms with Crippen molar-refractivity contribution in [3.05, 3.63) is 71.4 Å². The van der Waals surface area contributed by atoms with E-state index in [2.05, 4.69) is 31.5 Å². The highest BCUT2D eigenvalue weighted by Crippen LogP contribution is 2.39. The summed E-state index contributed by atoms with van der Waals surface area (Å²) in [6.45, 7) is 0. The summed E-state index contributed by atoms with van der Waals surface area (Å²) >= 11 is 0. The van der Waals surface area contributed by atoms with E-state index in [4.69, 9.17) is 0 Å². The molecule has 148 valence electrons. The Morgan fingerprint density at radius 2 is 1.93 bits per heavy atom. The maximum atomic E-state index is 13.7. The van der Waals surface area contributed by atoms with Crippen LogP contribution in [0.3, 0.4) is 0 Å². The zero-order chi connectivity index (χ0) is 20.0. The minimum absolute atomic E-state index is 0. The van der Waals surface area contributed by atoms with Gasteiger partial charge >= 0.3 is 6.18 Å². The number of pyridine rings is 2. The molecular weight excluding hydrogens is 379 g/mol. The van der Waals surface area contributed by atoms with Gasteiger partial charge in [0, 0.05) is 13.0 Å². The summed E-state index contributed by atoms with van der Waals surface area (Å²) in [5.74, 6) is 0.390. The number of H-pyrrole nitrogens is 1. The highest BCUT2D eigenvalue weighted by molar-refractivity contribution is 5.90. The largest absolute Gasteiger partial charge is 0.418 e. The molecule has 0 saturated heterocycles. The van der Waals surface area contributed by atoms with Gasteiger partial charge in [-0.15, -0.1) is 0 Å². The van der Waals surface area contributed by atoms with Crippen molar-refractivity contribution < 1.29 is 14.6 Å². The number of anilines is 1. The summed E-state index contributed by atoms with van der Waals surface area (Å²) in [7, 11) is 0. The molecule has 4 aromatic rings. The van der Waals surface area contributed by atoms with Crippen LogP contribution in [0.25, 0.3) is 22.4 Å². The molecule has 1 aromatic carbocycles. The maximum Gasteiger partial charge on any atom is 0.418 e. The number of aryl methyl sites for hydroxylation is 1. The Kier molecular flexibility index (Phi) is 4.01. The maximum absolute atomic E-state index is 13.7. The second kappa shape index (κ2) is 6.58. The van der Waals surface area contributed by atoms with E-state index in [0.717, 1.165) is 24.5 Å². The molecule has 0 saturated carbocycles. The van der Waals surface area contributed by atoms with Gasteiger partial charge in [-0.3, -0.25) is 5.10 Å². The van der Waals surface area contributed by atoms with Crippen molar-refractivity contribution in [3.8, 4) is 11.4 Å². The molecule has 1 aliphatic carbocycles. The molecule has 29 heavy (non-hydrogen) atoms. The van der Waals surface area contributed by atoms with E-state index in [1.54, 1.807) is 18.3 Å². The molecule has 2 N–H and O–H groups in total. The minimum Gasteiger partial charge on any atom is -0.363 e. The third-order valence-electron chi connectivity index (χ3n) is 5.22. The zero-order valence-corrected chi connectivity index (χ0v) is 15.2. The number of hydrogen-bond acceptors (Lipinski definition) is 4. The Balaban J connectivity index is 0.00000218. The van der Waals surface area contributed by atoms with Gasteiger partial charge < -0.3 is 5.32 Å². The first kappa shape index (κ1) is 17.7. The highest BCUT2D eigenvalue weighted by atomic mass is 19.4. The zero-order valence-electron chi connectivity index (χ0n) is 15.2. The molecule has 5 rings (SSSR count). The summed E-state index contributed by atoms with van der Waals surface area (Å²) in [6, 6.07) is 13.9. The monoisotopic (exact) mass is 397 g/mol. The van der Waals surface area contributed by atoms with Gasteiger partial charge in [-0.1, -0.05) is 24.3 Å². The number of rotatable bonds is 3. The first-order valence-electron chi connectivity index (χ1n) is 9.23. The predicted octanol–water partition coefficient (Wildman–Crippen LogP) is 5.38. The fraction of sp³-hybridized carbons (Fsp3) is 0.190. The van der Waals surface area contributed by atoms with Crippen LogP contribution in [-0.4, -0.2) is 20.2 Å². The van der Waals surface area contributed by atoms with E-state index in [-0.39, 0.29) is 18.9 Å². The number of alkyl halides is 3. The fourth-order valence-corrected chi connectivity index (χ4v) is 3.88. The van der Waals surface area contributed by atoms with Crippen molar-refractivity contribution in [1.29, 1.82) is 0 Å². The lowest BCUT2D eigenvalue weighted by atomic mass is 10.1. The third-order valence-corrected chi connectivity index (χ3v) is 5.22. The van der Waals surface area contributed by atoms with Crippen LogP contribution in [0.2, 0.25) is 0 Å². The van der Waals surface area contributed by atoms with Crippen LogP contribution in [0, 0.1) is 0 Å². The van der Waals surface area contributed by atoms with Gasteiger partial charge in [0.15, 0.2) is 5.65 Å². The molecule has 0 spiro atoms. The Morgan fingerprint density at radius 3 is 2.79 bits per heavy atom. The van der Waals surface area contributed by atoms with Crippen LogP contribution < -0.4 is 5.32 Å². The number of aromatic amines is 1. The molecule has 5 nitrogen and oxygen atoms in total. The van der Waals surface area contributed by atoms with Crippen molar-refractivity contribution in [3.63, 3.8) is 0 Å². The first-order valence-corrected chi connectivity index (χ1v) is 9.23. The second-order valence-corrected chi connectivity index (χ2v) is 7.00. The number of halogens is 3. The van der Waals surface area contributed by atoms with Crippen molar-refractivity contribution in [2.24, 2.45) is 0 Å². The van der Waals surface area contributed by atoms with Gasteiger partial charge in [0.1, 0.15) is 11.5 Å². The lowest BCUT2D eigenvalue weighted by Crippen LogP contribution is -2.12. The number of fused-ring (bicyclic) bond motifs is 2. The van der Waals surface area contributed by atoms with E-state index >= 15 is 0 Å². The molecule has 0 bridgehead atoms. The van der Waals surface area contributed by atoms with Crippen LogP contribution in [0.5, 0.6) is 0 Å². The number of nitrogens with one attached hydrogen (secondary N) is 2. The standard InChI is InChI=1S/C21H16F3N5.H2/c22-21(23,24)15-8-10-17(26-16-9-7-12-4-1-2-5-13(12)16)27-19(15)18-14-6-3-11-25-20(14)29-28-18;/h1-6,8,10-11,16H,7,9H2,(H,26,27)(H,25,28,29);1H/t16-;/m1./s1.